The summed E-state index contributed by atoms with van der Waals surface area (Å²) in [4.78, 5) is 17.8. The Morgan fingerprint density at radius 2 is 2.47 bits per heavy atom. The van der Waals surface area contributed by atoms with Crippen molar-refractivity contribution >= 4 is 17.3 Å². The zero-order chi connectivity index (χ0) is 12.4. The van der Waals surface area contributed by atoms with E-state index in [1.807, 2.05) is 6.92 Å². The molecule has 5 heteroatoms. The van der Waals surface area contributed by atoms with Gasteiger partial charge in [0.25, 0.3) is 0 Å². The average molecular weight is 254 g/mol. The fourth-order valence-corrected chi connectivity index (χ4v) is 3.09. The van der Waals surface area contributed by atoms with Gasteiger partial charge >= 0.3 is 5.97 Å². The van der Waals surface area contributed by atoms with E-state index in [1.54, 1.807) is 11.3 Å². The molecule has 1 aliphatic heterocycles. The molecule has 2 unspecified atom stereocenters. The second-order valence-electron chi connectivity index (χ2n) is 4.53. The van der Waals surface area contributed by atoms with Crippen molar-refractivity contribution in [1.29, 1.82) is 0 Å². The highest BCUT2D eigenvalue weighted by atomic mass is 32.1. The van der Waals surface area contributed by atoms with Crippen LogP contribution in [0.2, 0.25) is 0 Å². The Balaban J connectivity index is 1.98. The summed E-state index contributed by atoms with van der Waals surface area (Å²) in [5, 5.41) is 12.3. The largest absolute Gasteiger partial charge is 0.481 e. The van der Waals surface area contributed by atoms with Crippen LogP contribution in [0.3, 0.4) is 0 Å². The van der Waals surface area contributed by atoms with E-state index >= 15 is 0 Å². The molecular weight excluding hydrogens is 236 g/mol. The highest BCUT2D eigenvalue weighted by molar-refractivity contribution is 7.09. The lowest BCUT2D eigenvalue weighted by molar-refractivity contribution is -0.142. The Kier molecular flexibility index (Phi) is 3.79. The Bertz CT molecular complexity index is 405. The number of hydrogen-bond donors (Lipinski definition) is 1. The summed E-state index contributed by atoms with van der Waals surface area (Å²) in [6.07, 6.45) is 1.72. The first-order chi connectivity index (χ1) is 8.11. The predicted molar refractivity (Wildman–Crippen MR) is 67.1 cm³/mol. The topological polar surface area (TPSA) is 53.4 Å². The third kappa shape index (κ3) is 2.66. The normalized spacial score (nSPS) is 25.3. The zero-order valence-electron chi connectivity index (χ0n) is 10.2. The number of carbonyl (C=O) groups is 1. The van der Waals surface area contributed by atoms with Gasteiger partial charge in [-0.3, -0.25) is 9.69 Å². The lowest BCUT2D eigenvalue weighted by atomic mass is 10.0. The molecule has 0 radical (unpaired) electrons. The van der Waals surface area contributed by atoms with Crippen molar-refractivity contribution in [3.63, 3.8) is 0 Å². The van der Waals surface area contributed by atoms with Gasteiger partial charge in [-0.2, -0.15) is 0 Å². The molecule has 1 aromatic heterocycles. The summed E-state index contributed by atoms with van der Waals surface area (Å²) in [6, 6.07) is 0.110. The molecular formula is C12H18N2O2S. The number of carboxylic acids is 1. The lowest BCUT2D eigenvalue weighted by Crippen LogP contribution is -2.32. The minimum atomic E-state index is -0.674. The molecule has 4 nitrogen and oxygen atoms in total. The van der Waals surface area contributed by atoms with Gasteiger partial charge in [0.15, 0.2) is 0 Å². The molecule has 0 amide bonds. The fraction of sp³-hybridized carbons (Fsp3) is 0.667. The zero-order valence-corrected chi connectivity index (χ0v) is 11.0. The average Bonchev–Trinajstić information content (AvgIpc) is 2.87. The third-order valence-corrected chi connectivity index (χ3v) is 4.51. The number of aryl methyl sites for hydroxylation is 1. The van der Waals surface area contributed by atoms with Crippen LogP contribution in [0.15, 0.2) is 5.38 Å². The van der Waals surface area contributed by atoms with Crippen molar-refractivity contribution in [3.05, 3.63) is 16.1 Å². The van der Waals surface area contributed by atoms with Crippen LogP contribution in [0.25, 0.3) is 0 Å². The minimum absolute atomic E-state index is 0.110. The van der Waals surface area contributed by atoms with E-state index in [0.717, 1.165) is 36.6 Å². The molecule has 0 spiro atoms. The van der Waals surface area contributed by atoms with E-state index < -0.39 is 5.97 Å². The van der Waals surface area contributed by atoms with E-state index in [4.69, 9.17) is 5.11 Å². The van der Waals surface area contributed by atoms with Crippen molar-refractivity contribution in [2.45, 2.75) is 39.3 Å². The first-order valence-corrected chi connectivity index (χ1v) is 6.90. The molecule has 2 heterocycles. The maximum atomic E-state index is 11.0. The summed E-state index contributed by atoms with van der Waals surface area (Å²) in [5.74, 6) is -0.896. The third-order valence-electron chi connectivity index (χ3n) is 3.47. The van der Waals surface area contributed by atoms with Gasteiger partial charge in [0.2, 0.25) is 0 Å². The van der Waals surface area contributed by atoms with Crippen LogP contribution in [-0.2, 0) is 17.8 Å². The van der Waals surface area contributed by atoms with Crippen LogP contribution < -0.4 is 0 Å². The highest BCUT2D eigenvalue weighted by Crippen LogP contribution is 2.26. The molecule has 2 atom stereocenters. The number of nitrogens with zero attached hydrogens (tertiary/aromatic N) is 2. The van der Waals surface area contributed by atoms with E-state index in [2.05, 4.69) is 22.2 Å². The summed E-state index contributed by atoms with van der Waals surface area (Å²) >= 11 is 1.69. The fourth-order valence-electron chi connectivity index (χ4n) is 2.35. The molecule has 2 rings (SSSR count). The van der Waals surface area contributed by atoms with Gasteiger partial charge in [0.05, 0.1) is 16.6 Å². The number of likely N-dealkylation sites (tertiary alicyclic amines) is 1. The van der Waals surface area contributed by atoms with Crippen LogP contribution >= 0.6 is 11.3 Å². The molecule has 17 heavy (non-hydrogen) atoms. The van der Waals surface area contributed by atoms with Gasteiger partial charge in [0.1, 0.15) is 0 Å². The molecule has 0 saturated carbocycles. The SMILES string of the molecule is CCc1nc(CN2CCC(C(=O)O)C2C)cs1. The van der Waals surface area contributed by atoms with E-state index in [9.17, 15) is 4.79 Å². The molecule has 94 valence electrons. The molecule has 0 aromatic carbocycles. The Morgan fingerprint density at radius 3 is 3.00 bits per heavy atom. The first kappa shape index (κ1) is 12.5. The molecule has 1 aliphatic rings. The molecule has 0 aliphatic carbocycles. The Hall–Kier alpha value is -0.940. The molecule has 1 aromatic rings. The molecule has 1 N–H and O–H groups in total. The van der Waals surface area contributed by atoms with Crippen molar-refractivity contribution in [2.75, 3.05) is 6.54 Å². The monoisotopic (exact) mass is 254 g/mol. The maximum absolute atomic E-state index is 11.0. The van der Waals surface area contributed by atoms with Crippen molar-refractivity contribution in [1.82, 2.24) is 9.88 Å². The van der Waals surface area contributed by atoms with E-state index in [1.165, 1.54) is 0 Å². The molecule has 1 saturated heterocycles. The van der Waals surface area contributed by atoms with Gasteiger partial charge in [-0.25, -0.2) is 4.98 Å². The smallest absolute Gasteiger partial charge is 0.308 e. The first-order valence-electron chi connectivity index (χ1n) is 6.02. The van der Waals surface area contributed by atoms with Crippen LogP contribution in [0.4, 0.5) is 0 Å². The summed E-state index contributed by atoms with van der Waals surface area (Å²) in [5.41, 5.74) is 1.07. The van der Waals surface area contributed by atoms with Crippen LogP contribution in [0.5, 0.6) is 0 Å². The summed E-state index contributed by atoms with van der Waals surface area (Å²) < 4.78 is 0. The second kappa shape index (κ2) is 5.14. The molecule has 1 fully saturated rings. The summed E-state index contributed by atoms with van der Waals surface area (Å²) in [7, 11) is 0. The van der Waals surface area contributed by atoms with Crippen LogP contribution in [0, 0.1) is 5.92 Å². The van der Waals surface area contributed by atoms with Gasteiger partial charge in [-0.1, -0.05) is 6.92 Å². The van der Waals surface area contributed by atoms with Gasteiger partial charge in [0, 0.05) is 18.0 Å². The highest BCUT2D eigenvalue weighted by Gasteiger charge is 2.35. The lowest BCUT2D eigenvalue weighted by Gasteiger charge is -2.21. The Labute approximate surface area is 105 Å². The number of thiazole rings is 1. The van der Waals surface area contributed by atoms with Crippen molar-refractivity contribution in [2.24, 2.45) is 5.92 Å². The van der Waals surface area contributed by atoms with Crippen molar-refractivity contribution < 1.29 is 9.90 Å². The van der Waals surface area contributed by atoms with Crippen molar-refractivity contribution in [3.8, 4) is 0 Å². The quantitative estimate of drug-likeness (QED) is 0.893. The molecule has 0 bridgehead atoms. The van der Waals surface area contributed by atoms with Crippen LogP contribution in [-0.4, -0.2) is 33.5 Å². The number of aliphatic carboxylic acids is 1. The van der Waals surface area contributed by atoms with Crippen LogP contribution in [0.1, 0.15) is 31.0 Å². The standard InChI is InChI=1S/C12H18N2O2S/c1-3-11-13-9(7-17-11)6-14-5-4-10(8(14)2)12(15)16/h7-8,10H,3-6H2,1-2H3,(H,15,16). The second-order valence-corrected chi connectivity index (χ2v) is 5.47. The number of hydrogen-bond acceptors (Lipinski definition) is 4. The minimum Gasteiger partial charge on any atom is -0.481 e. The van der Waals surface area contributed by atoms with E-state index in [0.29, 0.717) is 0 Å². The van der Waals surface area contributed by atoms with Gasteiger partial charge < -0.3 is 5.11 Å². The maximum Gasteiger partial charge on any atom is 0.308 e. The number of aromatic nitrogens is 1. The Morgan fingerprint density at radius 1 is 1.71 bits per heavy atom. The number of carboxylic acid groups (broad SMARTS) is 1. The summed E-state index contributed by atoms with van der Waals surface area (Å²) in [6.45, 7) is 5.74. The predicted octanol–water partition coefficient (Wildman–Crippen LogP) is 2.00. The van der Waals surface area contributed by atoms with Gasteiger partial charge in [-0.15, -0.1) is 11.3 Å². The number of rotatable bonds is 4. The van der Waals surface area contributed by atoms with Gasteiger partial charge in [-0.05, 0) is 26.3 Å². The van der Waals surface area contributed by atoms with E-state index in [-0.39, 0.29) is 12.0 Å².